The van der Waals surface area contributed by atoms with Gasteiger partial charge in [-0.2, -0.15) is 5.26 Å². The molecule has 4 heteroatoms. The zero-order chi connectivity index (χ0) is 10.7. The van der Waals surface area contributed by atoms with E-state index in [0.717, 1.165) is 25.9 Å². The van der Waals surface area contributed by atoms with Gasteiger partial charge < -0.3 is 10.2 Å². The molecule has 80 valence electrons. The summed E-state index contributed by atoms with van der Waals surface area (Å²) in [6, 6.07) is 2.02. The second kappa shape index (κ2) is 4.45. The first-order valence-corrected chi connectivity index (χ1v) is 5.43. The summed E-state index contributed by atoms with van der Waals surface area (Å²) in [6.45, 7) is 3.08. The number of carbonyl (C=O) groups excluding carboxylic acids is 1. The van der Waals surface area contributed by atoms with Gasteiger partial charge in [-0.25, -0.2) is 0 Å². The number of nitrogens with one attached hydrogen (secondary N) is 1. The van der Waals surface area contributed by atoms with Gasteiger partial charge in [0.1, 0.15) is 11.6 Å². The number of hydrogen-bond acceptors (Lipinski definition) is 3. The van der Waals surface area contributed by atoms with Gasteiger partial charge in [0.2, 0.25) is 0 Å². The van der Waals surface area contributed by atoms with Crippen LogP contribution in [0, 0.1) is 17.2 Å². The number of carbonyl (C=O) groups is 1. The number of nitriles is 1. The predicted octanol–water partition coefficient (Wildman–Crippen LogP) is 0.278. The SMILES string of the molecule is N#CC(=CC1CC1)C(=O)N1CCNCC1. The largest absolute Gasteiger partial charge is 0.335 e. The van der Waals surface area contributed by atoms with Gasteiger partial charge in [0.05, 0.1) is 0 Å². The van der Waals surface area contributed by atoms with Crippen molar-refractivity contribution in [1.82, 2.24) is 10.2 Å². The summed E-state index contributed by atoms with van der Waals surface area (Å²) >= 11 is 0. The summed E-state index contributed by atoms with van der Waals surface area (Å²) in [5, 5.41) is 12.1. The molecular formula is C11H15N3O. The van der Waals surface area contributed by atoms with Crippen LogP contribution in [0.2, 0.25) is 0 Å². The molecule has 1 aliphatic heterocycles. The molecule has 1 N–H and O–H groups in total. The first-order chi connectivity index (χ1) is 7.31. The number of piperazine rings is 1. The lowest BCUT2D eigenvalue weighted by molar-refractivity contribution is -0.127. The van der Waals surface area contributed by atoms with Crippen LogP contribution >= 0.6 is 0 Å². The van der Waals surface area contributed by atoms with Gasteiger partial charge in [-0.15, -0.1) is 0 Å². The third-order valence-electron chi connectivity index (χ3n) is 2.78. The fourth-order valence-electron chi connectivity index (χ4n) is 1.69. The van der Waals surface area contributed by atoms with Crippen molar-refractivity contribution in [1.29, 1.82) is 5.26 Å². The van der Waals surface area contributed by atoms with Crippen molar-refractivity contribution >= 4 is 5.91 Å². The Hall–Kier alpha value is -1.34. The molecule has 0 atom stereocenters. The molecule has 1 amide bonds. The molecule has 0 unspecified atom stereocenters. The maximum atomic E-state index is 11.9. The van der Waals surface area contributed by atoms with Gasteiger partial charge in [-0.1, -0.05) is 6.08 Å². The van der Waals surface area contributed by atoms with Crippen molar-refractivity contribution in [3.05, 3.63) is 11.6 Å². The number of rotatable bonds is 2. The number of allylic oxidation sites excluding steroid dienone is 1. The maximum absolute atomic E-state index is 11.9. The van der Waals surface area contributed by atoms with E-state index in [1.807, 2.05) is 12.1 Å². The summed E-state index contributed by atoms with van der Waals surface area (Å²) in [7, 11) is 0. The van der Waals surface area contributed by atoms with E-state index in [1.165, 1.54) is 0 Å². The van der Waals surface area contributed by atoms with E-state index in [9.17, 15) is 4.79 Å². The molecule has 15 heavy (non-hydrogen) atoms. The van der Waals surface area contributed by atoms with Gasteiger partial charge in [-0.05, 0) is 18.8 Å². The van der Waals surface area contributed by atoms with Gasteiger partial charge >= 0.3 is 0 Å². The van der Waals surface area contributed by atoms with Crippen molar-refractivity contribution in [2.75, 3.05) is 26.2 Å². The van der Waals surface area contributed by atoms with E-state index < -0.39 is 0 Å². The fourth-order valence-corrected chi connectivity index (χ4v) is 1.69. The monoisotopic (exact) mass is 205 g/mol. The van der Waals surface area contributed by atoms with Crippen molar-refractivity contribution in [2.45, 2.75) is 12.8 Å². The second-order valence-corrected chi connectivity index (χ2v) is 4.07. The average molecular weight is 205 g/mol. The Kier molecular flexibility index (Phi) is 3.02. The smallest absolute Gasteiger partial charge is 0.264 e. The maximum Gasteiger partial charge on any atom is 0.264 e. The van der Waals surface area contributed by atoms with Gasteiger partial charge in [0.25, 0.3) is 5.91 Å². The minimum atomic E-state index is -0.0918. The van der Waals surface area contributed by atoms with Gasteiger partial charge in [-0.3, -0.25) is 4.79 Å². The van der Waals surface area contributed by atoms with Gasteiger partial charge in [0, 0.05) is 26.2 Å². The highest BCUT2D eigenvalue weighted by atomic mass is 16.2. The molecule has 1 saturated carbocycles. The van der Waals surface area contributed by atoms with Crippen molar-refractivity contribution < 1.29 is 4.79 Å². The van der Waals surface area contributed by atoms with Crippen LogP contribution in [-0.4, -0.2) is 37.0 Å². The Balaban J connectivity index is 2.00. The Bertz CT molecular complexity index is 319. The van der Waals surface area contributed by atoms with Crippen LogP contribution in [0.3, 0.4) is 0 Å². The second-order valence-electron chi connectivity index (χ2n) is 4.07. The lowest BCUT2D eigenvalue weighted by atomic mass is 10.2. The number of amides is 1. The van der Waals surface area contributed by atoms with Crippen LogP contribution < -0.4 is 5.32 Å². The lowest BCUT2D eigenvalue weighted by Gasteiger charge is -2.27. The molecule has 2 aliphatic rings. The molecule has 0 bridgehead atoms. The summed E-state index contributed by atoms with van der Waals surface area (Å²) in [4.78, 5) is 13.7. The summed E-state index contributed by atoms with van der Waals surface area (Å²) in [5.41, 5.74) is 0.333. The van der Waals surface area contributed by atoms with Crippen LogP contribution in [-0.2, 0) is 4.79 Å². The summed E-state index contributed by atoms with van der Waals surface area (Å²) in [5.74, 6) is 0.386. The van der Waals surface area contributed by atoms with Crippen LogP contribution in [0.25, 0.3) is 0 Å². The Morgan fingerprint density at radius 2 is 2.07 bits per heavy atom. The fraction of sp³-hybridized carbons (Fsp3) is 0.636. The van der Waals surface area contributed by atoms with E-state index in [0.29, 0.717) is 24.6 Å². The average Bonchev–Trinajstić information content (AvgIpc) is 3.10. The van der Waals surface area contributed by atoms with Crippen LogP contribution in [0.1, 0.15) is 12.8 Å². The third-order valence-corrected chi connectivity index (χ3v) is 2.78. The van der Waals surface area contributed by atoms with Crippen LogP contribution in [0.4, 0.5) is 0 Å². The first kappa shape index (κ1) is 10.2. The quantitative estimate of drug-likeness (QED) is 0.520. The topological polar surface area (TPSA) is 56.1 Å². The Labute approximate surface area is 89.6 Å². The highest BCUT2D eigenvalue weighted by Gasteiger charge is 2.24. The van der Waals surface area contributed by atoms with Crippen LogP contribution in [0.15, 0.2) is 11.6 Å². The highest BCUT2D eigenvalue weighted by Crippen LogP contribution is 2.31. The van der Waals surface area contributed by atoms with E-state index in [4.69, 9.17) is 5.26 Å². The van der Waals surface area contributed by atoms with E-state index in [1.54, 1.807) is 4.90 Å². The third kappa shape index (κ3) is 2.57. The van der Waals surface area contributed by atoms with E-state index in [2.05, 4.69) is 5.32 Å². The molecule has 4 nitrogen and oxygen atoms in total. The minimum absolute atomic E-state index is 0.0918. The van der Waals surface area contributed by atoms with E-state index >= 15 is 0 Å². The molecule has 0 radical (unpaired) electrons. The molecule has 2 rings (SSSR count). The minimum Gasteiger partial charge on any atom is -0.335 e. The molecular weight excluding hydrogens is 190 g/mol. The van der Waals surface area contributed by atoms with Crippen molar-refractivity contribution in [3.8, 4) is 6.07 Å². The summed E-state index contributed by atoms with van der Waals surface area (Å²) in [6.07, 6.45) is 4.09. The first-order valence-electron chi connectivity index (χ1n) is 5.43. The molecule has 0 spiro atoms. The Morgan fingerprint density at radius 1 is 1.40 bits per heavy atom. The zero-order valence-electron chi connectivity index (χ0n) is 8.70. The molecule has 0 aromatic rings. The van der Waals surface area contributed by atoms with Gasteiger partial charge in [0.15, 0.2) is 0 Å². The normalized spacial score (nSPS) is 22.3. The highest BCUT2D eigenvalue weighted by molar-refractivity contribution is 5.97. The molecule has 1 heterocycles. The van der Waals surface area contributed by atoms with Crippen molar-refractivity contribution in [2.24, 2.45) is 5.92 Å². The lowest BCUT2D eigenvalue weighted by Crippen LogP contribution is -2.46. The predicted molar refractivity (Wildman–Crippen MR) is 55.9 cm³/mol. The number of nitrogens with zero attached hydrogens (tertiary/aromatic N) is 2. The molecule has 0 aromatic carbocycles. The standard InChI is InChI=1S/C11H15N3O/c12-8-10(7-9-1-2-9)11(15)14-5-3-13-4-6-14/h7,9,13H,1-6H2. The summed E-state index contributed by atoms with van der Waals surface area (Å²) < 4.78 is 0. The Morgan fingerprint density at radius 3 is 2.60 bits per heavy atom. The van der Waals surface area contributed by atoms with Crippen molar-refractivity contribution in [3.63, 3.8) is 0 Å². The zero-order valence-corrected chi connectivity index (χ0v) is 8.70. The molecule has 2 fully saturated rings. The molecule has 0 aromatic heterocycles. The van der Waals surface area contributed by atoms with Crippen LogP contribution in [0.5, 0.6) is 0 Å². The molecule has 1 aliphatic carbocycles. The van der Waals surface area contributed by atoms with E-state index in [-0.39, 0.29) is 5.91 Å². The molecule has 1 saturated heterocycles. The number of hydrogen-bond donors (Lipinski definition) is 1.